The molecule has 0 aromatic carbocycles. The second kappa shape index (κ2) is 5.30. The van der Waals surface area contributed by atoms with E-state index in [4.69, 9.17) is 0 Å². The molecule has 6 heteroatoms. The minimum Gasteiger partial charge on any atom is -0.366 e. The zero-order chi connectivity index (χ0) is 13.1. The normalized spacial score (nSPS) is 10.4. The molecule has 0 amide bonds. The van der Waals surface area contributed by atoms with Gasteiger partial charge < -0.3 is 4.90 Å². The molecule has 0 radical (unpaired) electrons. The van der Waals surface area contributed by atoms with Crippen LogP contribution in [0.2, 0.25) is 0 Å². The Labute approximate surface area is 113 Å². The van der Waals surface area contributed by atoms with Crippen LogP contribution < -0.4 is 10.5 Å². The number of pyridine rings is 1. The van der Waals surface area contributed by atoms with E-state index in [2.05, 4.69) is 26.0 Å². The highest BCUT2D eigenvalue weighted by Gasteiger charge is 2.11. The van der Waals surface area contributed by atoms with Crippen LogP contribution in [-0.2, 0) is 13.6 Å². The maximum absolute atomic E-state index is 11.8. The van der Waals surface area contributed by atoms with Crippen LogP contribution in [0, 0.1) is 0 Å². The largest absolute Gasteiger partial charge is 0.366 e. The Hall–Kier alpha value is -1.69. The Balaban J connectivity index is 2.27. The van der Waals surface area contributed by atoms with Crippen LogP contribution in [0.1, 0.15) is 5.69 Å². The van der Waals surface area contributed by atoms with Gasteiger partial charge in [0, 0.05) is 20.3 Å². The maximum Gasteiger partial charge on any atom is 0.282 e. The van der Waals surface area contributed by atoms with Gasteiger partial charge in [-0.2, -0.15) is 5.10 Å². The topological polar surface area (TPSA) is 51.0 Å². The van der Waals surface area contributed by atoms with E-state index in [0.29, 0.717) is 11.0 Å². The first-order chi connectivity index (χ1) is 8.59. The maximum atomic E-state index is 11.8. The molecule has 2 aromatic rings. The second-order valence-electron chi connectivity index (χ2n) is 3.95. The zero-order valence-electron chi connectivity index (χ0n) is 10.2. The number of hydrogen-bond acceptors (Lipinski definition) is 4. The van der Waals surface area contributed by atoms with Gasteiger partial charge in [0.25, 0.3) is 5.56 Å². The molecule has 0 saturated heterocycles. The fourth-order valence-electron chi connectivity index (χ4n) is 1.59. The second-order valence-corrected chi connectivity index (χ2v) is 4.74. The Morgan fingerprint density at radius 2 is 2.22 bits per heavy atom. The van der Waals surface area contributed by atoms with E-state index in [-0.39, 0.29) is 5.56 Å². The Bertz CT molecular complexity index is 597. The van der Waals surface area contributed by atoms with E-state index < -0.39 is 0 Å². The third kappa shape index (κ3) is 2.59. The number of aromatic nitrogens is 3. The third-order valence-electron chi connectivity index (χ3n) is 2.60. The highest BCUT2D eigenvalue weighted by molar-refractivity contribution is 9.10. The molecule has 0 aliphatic heterocycles. The molecule has 0 unspecified atom stereocenters. The number of rotatable bonds is 3. The van der Waals surface area contributed by atoms with E-state index in [1.165, 1.54) is 4.68 Å². The summed E-state index contributed by atoms with van der Waals surface area (Å²) in [5.74, 6) is 0. The van der Waals surface area contributed by atoms with Gasteiger partial charge in [-0.1, -0.05) is 6.07 Å². The van der Waals surface area contributed by atoms with E-state index in [1.54, 1.807) is 19.4 Å². The molecule has 2 heterocycles. The van der Waals surface area contributed by atoms with Crippen LogP contribution in [-0.4, -0.2) is 21.8 Å². The standard InChI is InChI=1S/C12H13BrN4O/c1-16(8-9-5-3-4-6-14-9)10-7-15-17(2)12(18)11(10)13/h3-7H,8H2,1-2H3. The average Bonchev–Trinajstić information content (AvgIpc) is 2.37. The van der Waals surface area contributed by atoms with E-state index in [9.17, 15) is 4.79 Å². The molecule has 2 aromatic heterocycles. The Morgan fingerprint density at radius 1 is 1.44 bits per heavy atom. The SMILES string of the molecule is CN(Cc1ccccn1)c1cnn(C)c(=O)c1Br. The molecule has 2 rings (SSSR count). The first kappa shape index (κ1) is 12.8. The molecular weight excluding hydrogens is 296 g/mol. The zero-order valence-corrected chi connectivity index (χ0v) is 11.8. The molecule has 0 bridgehead atoms. The summed E-state index contributed by atoms with van der Waals surface area (Å²) in [6.45, 7) is 0.619. The lowest BCUT2D eigenvalue weighted by Gasteiger charge is -2.19. The minimum atomic E-state index is -0.152. The number of nitrogens with zero attached hydrogens (tertiary/aromatic N) is 4. The van der Waals surface area contributed by atoms with Gasteiger partial charge in [0.15, 0.2) is 0 Å². The van der Waals surface area contributed by atoms with E-state index in [1.807, 2.05) is 30.1 Å². The van der Waals surface area contributed by atoms with Gasteiger partial charge in [-0.3, -0.25) is 9.78 Å². The number of hydrogen-bond donors (Lipinski definition) is 0. The summed E-state index contributed by atoms with van der Waals surface area (Å²) >= 11 is 3.31. The molecule has 0 spiro atoms. The number of anilines is 1. The molecule has 0 fully saturated rings. The first-order valence-corrected chi connectivity index (χ1v) is 6.21. The van der Waals surface area contributed by atoms with Gasteiger partial charge in [-0.25, -0.2) is 4.68 Å². The van der Waals surface area contributed by atoms with Crippen LogP contribution in [0.3, 0.4) is 0 Å². The average molecular weight is 309 g/mol. The van der Waals surface area contributed by atoms with Gasteiger partial charge in [0.1, 0.15) is 4.47 Å². The van der Waals surface area contributed by atoms with Crippen LogP contribution >= 0.6 is 15.9 Å². The van der Waals surface area contributed by atoms with Crippen molar-refractivity contribution >= 4 is 21.6 Å². The summed E-state index contributed by atoms with van der Waals surface area (Å²) in [4.78, 5) is 17.9. The van der Waals surface area contributed by atoms with Gasteiger partial charge in [0.2, 0.25) is 0 Å². The highest BCUT2D eigenvalue weighted by atomic mass is 79.9. The Morgan fingerprint density at radius 3 is 2.89 bits per heavy atom. The third-order valence-corrected chi connectivity index (χ3v) is 3.34. The molecule has 0 N–H and O–H groups in total. The molecule has 0 atom stereocenters. The predicted octanol–water partition coefficient (Wildman–Crippen LogP) is 1.57. The van der Waals surface area contributed by atoms with Crippen molar-refractivity contribution in [3.8, 4) is 0 Å². The quantitative estimate of drug-likeness (QED) is 0.864. The van der Waals surface area contributed by atoms with E-state index >= 15 is 0 Å². The molecule has 0 aliphatic carbocycles. The Kier molecular flexibility index (Phi) is 3.76. The van der Waals surface area contributed by atoms with Crippen molar-refractivity contribution in [3.63, 3.8) is 0 Å². The van der Waals surface area contributed by atoms with Crippen LogP contribution in [0.15, 0.2) is 39.9 Å². The lowest BCUT2D eigenvalue weighted by molar-refractivity contribution is 0.697. The smallest absolute Gasteiger partial charge is 0.282 e. The van der Waals surface area contributed by atoms with Crippen molar-refractivity contribution in [1.29, 1.82) is 0 Å². The fraction of sp³-hybridized carbons (Fsp3) is 0.250. The van der Waals surface area contributed by atoms with Gasteiger partial charge in [-0.05, 0) is 28.1 Å². The number of aryl methyl sites for hydroxylation is 1. The molecule has 0 saturated carbocycles. The van der Waals surface area contributed by atoms with Crippen molar-refractivity contribution in [2.24, 2.45) is 7.05 Å². The van der Waals surface area contributed by atoms with E-state index in [0.717, 1.165) is 11.4 Å². The van der Waals surface area contributed by atoms with Crippen molar-refractivity contribution in [1.82, 2.24) is 14.8 Å². The summed E-state index contributed by atoms with van der Waals surface area (Å²) in [5, 5.41) is 4.01. The predicted molar refractivity (Wildman–Crippen MR) is 73.5 cm³/mol. The van der Waals surface area contributed by atoms with Crippen LogP contribution in [0.4, 0.5) is 5.69 Å². The molecule has 0 aliphatic rings. The lowest BCUT2D eigenvalue weighted by atomic mass is 10.3. The summed E-state index contributed by atoms with van der Waals surface area (Å²) < 4.78 is 1.81. The molecule has 94 valence electrons. The van der Waals surface area contributed by atoms with Gasteiger partial charge in [-0.15, -0.1) is 0 Å². The fourth-order valence-corrected chi connectivity index (χ4v) is 2.25. The van der Waals surface area contributed by atoms with Crippen molar-refractivity contribution in [2.75, 3.05) is 11.9 Å². The summed E-state index contributed by atoms with van der Waals surface area (Å²) in [6.07, 6.45) is 3.41. The first-order valence-electron chi connectivity index (χ1n) is 5.42. The van der Waals surface area contributed by atoms with Gasteiger partial charge >= 0.3 is 0 Å². The summed E-state index contributed by atoms with van der Waals surface area (Å²) in [5.41, 5.74) is 1.54. The monoisotopic (exact) mass is 308 g/mol. The highest BCUT2D eigenvalue weighted by Crippen LogP contribution is 2.21. The van der Waals surface area contributed by atoms with Gasteiger partial charge in [0.05, 0.1) is 24.1 Å². The lowest BCUT2D eigenvalue weighted by Crippen LogP contribution is -2.25. The summed E-state index contributed by atoms with van der Waals surface area (Å²) in [7, 11) is 3.52. The molecule has 18 heavy (non-hydrogen) atoms. The van der Waals surface area contributed by atoms with Crippen molar-refractivity contribution in [2.45, 2.75) is 6.54 Å². The van der Waals surface area contributed by atoms with Crippen LogP contribution in [0.25, 0.3) is 0 Å². The molecule has 5 nitrogen and oxygen atoms in total. The van der Waals surface area contributed by atoms with Crippen LogP contribution in [0.5, 0.6) is 0 Å². The molecular formula is C12H13BrN4O. The minimum absolute atomic E-state index is 0.152. The van der Waals surface area contributed by atoms with Crippen molar-refractivity contribution < 1.29 is 0 Å². The number of halogens is 1. The van der Waals surface area contributed by atoms with Crippen molar-refractivity contribution in [3.05, 3.63) is 51.1 Å². The summed E-state index contributed by atoms with van der Waals surface area (Å²) in [6, 6.07) is 5.76.